The van der Waals surface area contributed by atoms with Gasteiger partial charge in [0, 0.05) is 10.5 Å². The lowest BCUT2D eigenvalue weighted by atomic mass is 10.3. The minimum atomic E-state index is 0.669. The third-order valence-electron chi connectivity index (χ3n) is 1.47. The van der Waals surface area contributed by atoms with Crippen molar-refractivity contribution in [2.24, 2.45) is 0 Å². The van der Waals surface area contributed by atoms with Crippen molar-refractivity contribution in [1.29, 1.82) is 0 Å². The average molecular weight is 245 g/mol. The van der Waals surface area contributed by atoms with Crippen LogP contribution in [0, 0.1) is 0 Å². The van der Waals surface area contributed by atoms with E-state index in [1.165, 1.54) is 0 Å². The van der Waals surface area contributed by atoms with Gasteiger partial charge in [-0.25, -0.2) is 0 Å². The van der Waals surface area contributed by atoms with Crippen molar-refractivity contribution in [3.63, 3.8) is 0 Å². The monoisotopic (exact) mass is 244 g/mol. The van der Waals surface area contributed by atoms with Gasteiger partial charge in [0.05, 0.1) is 13.2 Å². The zero-order valence-corrected chi connectivity index (χ0v) is 9.43. The van der Waals surface area contributed by atoms with E-state index in [9.17, 15) is 0 Å². The molecule has 0 atom stereocenters. The third-order valence-corrected chi connectivity index (χ3v) is 1.92. The Labute approximate surface area is 87.0 Å². The van der Waals surface area contributed by atoms with Crippen LogP contribution >= 0.6 is 15.9 Å². The van der Waals surface area contributed by atoms with Crippen molar-refractivity contribution >= 4 is 15.9 Å². The number of halogens is 1. The minimum Gasteiger partial charge on any atom is -0.494 e. The van der Waals surface area contributed by atoms with Gasteiger partial charge in [0.1, 0.15) is 11.5 Å². The largest absolute Gasteiger partial charge is 0.494 e. The van der Waals surface area contributed by atoms with Crippen LogP contribution in [0.25, 0.3) is 0 Å². The van der Waals surface area contributed by atoms with Crippen molar-refractivity contribution in [3.8, 4) is 11.5 Å². The quantitative estimate of drug-likeness (QED) is 0.810. The number of ether oxygens (including phenoxy) is 2. The summed E-state index contributed by atoms with van der Waals surface area (Å²) in [6.07, 6.45) is 0. The Morgan fingerprint density at radius 1 is 1.00 bits per heavy atom. The first-order valence-electron chi connectivity index (χ1n) is 4.32. The van der Waals surface area contributed by atoms with Crippen LogP contribution in [0.2, 0.25) is 0 Å². The number of benzene rings is 1. The number of hydrogen-bond donors (Lipinski definition) is 0. The molecule has 0 amide bonds. The van der Waals surface area contributed by atoms with Crippen LogP contribution < -0.4 is 9.47 Å². The summed E-state index contributed by atoms with van der Waals surface area (Å²) in [4.78, 5) is 0. The Kier molecular flexibility index (Phi) is 4.09. The zero-order chi connectivity index (χ0) is 9.68. The topological polar surface area (TPSA) is 18.5 Å². The molecule has 1 aromatic carbocycles. The Morgan fingerprint density at radius 2 is 1.46 bits per heavy atom. The van der Waals surface area contributed by atoms with Crippen LogP contribution in [0.5, 0.6) is 11.5 Å². The third kappa shape index (κ3) is 3.27. The Morgan fingerprint density at radius 3 is 1.85 bits per heavy atom. The van der Waals surface area contributed by atoms with Gasteiger partial charge >= 0.3 is 0 Å². The van der Waals surface area contributed by atoms with Crippen molar-refractivity contribution in [1.82, 2.24) is 0 Å². The first kappa shape index (κ1) is 10.4. The van der Waals surface area contributed by atoms with Crippen molar-refractivity contribution in [2.45, 2.75) is 13.8 Å². The van der Waals surface area contributed by atoms with Crippen molar-refractivity contribution in [3.05, 3.63) is 22.7 Å². The molecule has 3 heteroatoms. The Balaban J connectivity index is 2.83. The lowest BCUT2D eigenvalue weighted by Gasteiger charge is -2.07. The molecule has 13 heavy (non-hydrogen) atoms. The van der Waals surface area contributed by atoms with E-state index in [0.29, 0.717) is 13.2 Å². The molecule has 0 aliphatic carbocycles. The smallest absolute Gasteiger partial charge is 0.124 e. The predicted octanol–water partition coefficient (Wildman–Crippen LogP) is 3.25. The maximum atomic E-state index is 5.36. The second-order valence-electron chi connectivity index (χ2n) is 2.49. The maximum absolute atomic E-state index is 5.36. The average Bonchev–Trinajstić information content (AvgIpc) is 2.04. The van der Waals surface area contributed by atoms with Gasteiger partial charge in [0.15, 0.2) is 0 Å². The van der Waals surface area contributed by atoms with E-state index < -0.39 is 0 Å². The highest BCUT2D eigenvalue weighted by Crippen LogP contribution is 2.26. The molecule has 2 nitrogen and oxygen atoms in total. The molecular weight excluding hydrogens is 232 g/mol. The molecule has 1 rings (SSSR count). The van der Waals surface area contributed by atoms with Crippen LogP contribution in [0.1, 0.15) is 13.8 Å². The van der Waals surface area contributed by atoms with Gasteiger partial charge in [-0.2, -0.15) is 0 Å². The summed E-state index contributed by atoms with van der Waals surface area (Å²) in [6, 6.07) is 5.73. The van der Waals surface area contributed by atoms with Gasteiger partial charge < -0.3 is 9.47 Å². The summed E-state index contributed by atoms with van der Waals surface area (Å²) in [5, 5.41) is 0. The van der Waals surface area contributed by atoms with E-state index >= 15 is 0 Å². The molecule has 0 aliphatic heterocycles. The van der Waals surface area contributed by atoms with E-state index in [2.05, 4.69) is 15.9 Å². The number of hydrogen-bond acceptors (Lipinski definition) is 2. The summed E-state index contributed by atoms with van der Waals surface area (Å²) in [5.74, 6) is 1.67. The standard InChI is InChI=1S/C10H13BrO2/c1-3-12-9-5-8(11)6-10(7-9)13-4-2/h5-7H,3-4H2,1-2H3. The second kappa shape index (κ2) is 5.12. The van der Waals surface area contributed by atoms with Crippen LogP contribution in [-0.2, 0) is 0 Å². The lowest BCUT2D eigenvalue weighted by Crippen LogP contribution is -1.94. The van der Waals surface area contributed by atoms with Gasteiger partial charge in [-0.05, 0) is 26.0 Å². The maximum Gasteiger partial charge on any atom is 0.124 e. The van der Waals surface area contributed by atoms with Gasteiger partial charge in [0.2, 0.25) is 0 Å². The molecule has 0 spiro atoms. The van der Waals surface area contributed by atoms with Gasteiger partial charge in [-0.1, -0.05) is 15.9 Å². The van der Waals surface area contributed by atoms with Gasteiger partial charge in [-0.15, -0.1) is 0 Å². The lowest BCUT2D eigenvalue weighted by molar-refractivity contribution is 0.323. The molecule has 0 aliphatic rings. The van der Waals surface area contributed by atoms with E-state index in [-0.39, 0.29) is 0 Å². The summed E-state index contributed by atoms with van der Waals surface area (Å²) >= 11 is 3.39. The highest BCUT2D eigenvalue weighted by atomic mass is 79.9. The Bertz CT molecular complexity index is 249. The minimum absolute atomic E-state index is 0.669. The summed E-state index contributed by atoms with van der Waals surface area (Å²) < 4.78 is 11.7. The summed E-state index contributed by atoms with van der Waals surface area (Å²) in [5.41, 5.74) is 0. The molecule has 72 valence electrons. The van der Waals surface area contributed by atoms with E-state index in [1.54, 1.807) is 0 Å². The molecule has 0 saturated carbocycles. The van der Waals surface area contributed by atoms with Gasteiger partial charge in [0.25, 0.3) is 0 Å². The van der Waals surface area contributed by atoms with Crippen LogP contribution in [0.4, 0.5) is 0 Å². The molecule has 0 aromatic heterocycles. The summed E-state index contributed by atoms with van der Waals surface area (Å²) in [7, 11) is 0. The summed E-state index contributed by atoms with van der Waals surface area (Å²) in [6.45, 7) is 5.26. The van der Waals surface area contributed by atoms with E-state index in [1.807, 2.05) is 32.0 Å². The number of rotatable bonds is 4. The fraction of sp³-hybridized carbons (Fsp3) is 0.400. The fourth-order valence-corrected chi connectivity index (χ4v) is 1.49. The predicted molar refractivity (Wildman–Crippen MR) is 56.5 cm³/mol. The van der Waals surface area contributed by atoms with Gasteiger partial charge in [-0.3, -0.25) is 0 Å². The van der Waals surface area contributed by atoms with E-state index in [0.717, 1.165) is 16.0 Å². The molecule has 0 N–H and O–H groups in total. The highest BCUT2D eigenvalue weighted by Gasteiger charge is 1.99. The fourth-order valence-electron chi connectivity index (χ4n) is 1.04. The van der Waals surface area contributed by atoms with Crippen LogP contribution in [0.15, 0.2) is 22.7 Å². The molecule has 1 aromatic rings. The molecule has 0 saturated heterocycles. The highest BCUT2D eigenvalue weighted by molar-refractivity contribution is 9.10. The first-order chi connectivity index (χ1) is 6.26. The molecule has 0 bridgehead atoms. The second-order valence-corrected chi connectivity index (χ2v) is 3.40. The Hall–Kier alpha value is -0.700. The molecule has 0 heterocycles. The zero-order valence-electron chi connectivity index (χ0n) is 7.84. The molecule has 0 fully saturated rings. The first-order valence-corrected chi connectivity index (χ1v) is 5.11. The van der Waals surface area contributed by atoms with Crippen molar-refractivity contribution in [2.75, 3.05) is 13.2 Å². The van der Waals surface area contributed by atoms with E-state index in [4.69, 9.17) is 9.47 Å². The SMILES string of the molecule is CCOc1cc(Br)cc(OCC)c1. The molecular formula is C10H13BrO2. The van der Waals surface area contributed by atoms with Crippen LogP contribution in [0.3, 0.4) is 0 Å². The van der Waals surface area contributed by atoms with Crippen LogP contribution in [-0.4, -0.2) is 13.2 Å². The molecule has 0 unspecified atom stereocenters. The van der Waals surface area contributed by atoms with Crippen molar-refractivity contribution < 1.29 is 9.47 Å². The molecule has 0 radical (unpaired) electrons. The normalized spacial score (nSPS) is 9.77.